The molecule has 3 rings (SSSR count). The van der Waals surface area contributed by atoms with Crippen molar-refractivity contribution >= 4 is 18.5 Å². The summed E-state index contributed by atoms with van der Waals surface area (Å²) in [4.78, 5) is 0. The number of unbranched alkanes of at least 4 members (excludes halogenated alkanes) is 1. The van der Waals surface area contributed by atoms with Crippen molar-refractivity contribution in [1.82, 2.24) is 0 Å². The van der Waals surface area contributed by atoms with Gasteiger partial charge in [0.05, 0.1) is 0 Å². The van der Waals surface area contributed by atoms with E-state index in [0.29, 0.717) is 5.56 Å². The molecule has 1 aromatic carbocycles. The number of halogens is 4. The van der Waals surface area contributed by atoms with E-state index < -0.39 is 24.8 Å². The second-order valence-electron chi connectivity index (χ2n) is 9.53. The van der Waals surface area contributed by atoms with Crippen molar-refractivity contribution in [1.29, 1.82) is 0 Å². The molecule has 29 heavy (non-hydrogen) atoms. The Hall–Kier alpha value is -0.483. The summed E-state index contributed by atoms with van der Waals surface area (Å²) >= 11 is 7.14. The van der Waals surface area contributed by atoms with Gasteiger partial charge in [-0.15, -0.1) is 0 Å². The van der Waals surface area contributed by atoms with Crippen LogP contribution in [0.15, 0.2) is 12.1 Å². The first-order chi connectivity index (χ1) is 13.9. The van der Waals surface area contributed by atoms with E-state index in [1.807, 2.05) is 0 Å². The summed E-state index contributed by atoms with van der Waals surface area (Å²) < 4.78 is 40.2. The Bertz CT molecular complexity index is 633. The van der Waals surface area contributed by atoms with Crippen molar-refractivity contribution in [3.63, 3.8) is 0 Å². The molecular weight excluding hydrogens is 409 g/mol. The van der Waals surface area contributed by atoms with E-state index in [1.54, 1.807) is 0 Å². The molecule has 1 saturated heterocycles. The maximum Gasteiger partial charge on any atom is 0.194 e. The van der Waals surface area contributed by atoms with Crippen LogP contribution in [0.25, 0.3) is 0 Å². The molecule has 0 spiro atoms. The van der Waals surface area contributed by atoms with Crippen molar-refractivity contribution in [2.75, 3.05) is 0 Å². The van der Waals surface area contributed by atoms with E-state index in [0.717, 1.165) is 37.1 Å². The molecular formula is C24H36ClF3Si. The first kappa shape index (κ1) is 23.2. The normalized spacial score (nSPS) is 30.4. The van der Waals surface area contributed by atoms with Crippen LogP contribution in [-0.2, 0) is 0 Å². The van der Waals surface area contributed by atoms with Crippen LogP contribution in [0.3, 0.4) is 0 Å². The second kappa shape index (κ2) is 10.7. The predicted molar refractivity (Wildman–Crippen MR) is 119 cm³/mol. The molecule has 1 saturated carbocycles. The molecule has 1 heterocycles. The summed E-state index contributed by atoms with van der Waals surface area (Å²) in [6.07, 6.45) is 14.6. The Morgan fingerprint density at radius 2 is 1.59 bits per heavy atom. The van der Waals surface area contributed by atoms with Crippen LogP contribution in [0.2, 0.25) is 17.6 Å². The summed E-state index contributed by atoms with van der Waals surface area (Å²) in [7, 11) is -1.53. The molecule has 1 aromatic rings. The first-order valence-electron chi connectivity index (χ1n) is 11.8. The van der Waals surface area contributed by atoms with E-state index in [2.05, 4.69) is 6.92 Å². The lowest BCUT2D eigenvalue weighted by Crippen LogP contribution is -2.36. The number of hydrogen-bond donors (Lipinski definition) is 0. The number of benzene rings is 1. The van der Waals surface area contributed by atoms with E-state index >= 15 is 0 Å². The molecule has 1 aliphatic heterocycles. The topological polar surface area (TPSA) is 0 Å². The monoisotopic (exact) mass is 444 g/mol. The fourth-order valence-corrected chi connectivity index (χ4v) is 11.6. The van der Waals surface area contributed by atoms with Crippen molar-refractivity contribution < 1.29 is 13.2 Å². The van der Waals surface area contributed by atoms with E-state index in [4.69, 9.17) is 11.1 Å². The average molecular weight is 445 g/mol. The van der Waals surface area contributed by atoms with Crippen LogP contribution in [0.5, 0.6) is 0 Å². The summed E-state index contributed by atoms with van der Waals surface area (Å²) in [5, 5.41) is 0. The van der Waals surface area contributed by atoms with Crippen molar-refractivity contribution in [3.8, 4) is 0 Å². The van der Waals surface area contributed by atoms with E-state index in [1.165, 1.54) is 75.6 Å². The zero-order valence-corrected chi connectivity index (χ0v) is 19.6. The van der Waals surface area contributed by atoms with Gasteiger partial charge in [-0.3, -0.25) is 0 Å². The van der Waals surface area contributed by atoms with Crippen LogP contribution >= 0.6 is 11.1 Å². The van der Waals surface area contributed by atoms with Gasteiger partial charge in [-0.1, -0.05) is 58.3 Å². The lowest BCUT2D eigenvalue weighted by Gasteiger charge is -2.37. The van der Waals surface area contributed by atoms with Gasteiger partial charge in [-0.2, -0.15) is 11.1 Å². The predicted octanol–water partition coefficient (Wildman–Crippen LogP) is 9.09. The smallest absolute Gasteiger partial charge is 0.194 e. The van der Waals surface area contributed by atoms with Crippen LogP contribution in [0.4, 0.5) is 13.2 Å². The van der Waals surface area contributed by atoms with Crippen LogP contribution in [0.1, 0.15) is 95.5 Å². The Kier molecular flexibility index (Phi) is 8.56. The van der Waals surface area contributed by atoms with Crippen LogP contribution < -0.4 is 0 Å². The van der Waals surface area contributed by atoms with Gasteiger partial charge in [0.1, 0.15) is 0 Å². The Balaban J connectivity index is 1.39. The fraction of sp³-hybridized carbons (Fsp3) is 0.750. The van der Waals surface area contributed by atoms with Gasteiger partial charge in [-0.25, -0.2) is 13.2 Å². The highest BCUT2D eigenvalue weighted by atomic mass is 35.6. The highest BCUT2D eigenvalue weighted by Crippen LogP contribution is 2.46. The molecule has 0 N–H and O–H groups in total. The maximum atomic E-state index is 13.5. The molecule has 1 aliphatic carbocycles. The number of hydrogen-bond acceptors (Lipinski definition) is 0. The second-order valence-corrected chi connectivity index (χ2v) is 15.7. The molecule has 2 unspecified atom stereocenters. The van der Waals surface area contributed by atoms with E-state index in [9.17, 15) is 13.2 Å². The lowest BCUT2D eigenvalue weighted by atomic mass is 9.77. The Morgan fingerprint density at radius 1 is 0.931 bits per heavy atom. The van der Waals surface area contributed by atoms with Crippen molar-refractivity contribution in [2.24, 2.45) is 5.92 Å². The van der Waals surface area contributed by atoms with Gasteiger partial charge >= 0.3 is 0 Å². The molecule has 2 fully saturated rings. The minimum absolute atomic E-state index is 0.162. The van der Waals surface area contributed by atoms with Gasteiger partial charge in [0.2, 0.25) is 0 Å². The zero-order chi connectivity index (χ0) is 20.9. The van der Waals surface area contributed by atoms with Crippen molar-refractivity contribution in [3.05, 3.63) is 35.1 Å². The van der Waals surface area contributed by atoms with E-state index in [-0.39, 0.29) is 5.92 Å². The summed E-state index contributed by atoms with van der Waals surface area (Å²) in [6, 6.07) is 4.98. The molecule has 0 bridgehead atoms. The molecule has 5 heteroatoms. The fourth-order valence-electron chi connectivity index (χ4n) is 5.84. The molecule has 0 aromatic heterocycles. The molecule has 0 radical (unpaired) electrons. The molecule has 164 valence electrons. The van der Waals surface area contributed by atoms with Gasteiger partial charge in [0, 0.05) is 0 Å². The molecule has 0 nitrogen and oxygen atoms in total. The minimum Gasteiger partial charge on any atom is -0.204 e. The van der Waals surface area contributed by atoms with Crippen molar-refractivity contribution in [2.45, 2.75) is 108 Å². The van der Waals surface area contributed by atoms with Crippen LogP contribution in [-0.4, -0.2) is 7.38 Å². The lowest BCUT2D eigenvalue weighted by molar-refractivity contribution is 0.300. The van der Waals surface area contributed by atoms with Crippen LogP contribution in [0, 0.1) is 23.4 Å². The standard InChI is InChI=1S/C24H36ClF3Si/c1-2-14-29(25)15-6-5-9-21(29)8-4-3-7-18-10-12-19(13-11-18)20-16-22(26)24(28)23(27)17-20/h16-19,21H,2-15H2,1H3. The third-order valence-corrected chi connectivity index (χ3v) is 14.1. The molecule has 2 aliphatic rings. The van der Waals surface area contributed by atoms with Gasteiger partial charge in [0.15, 0.2) is 24.8 Å². The Labute approximate surface area is 180 Å². The molecule has 2 atom stereocenters. The average Bonchev–Trinajstić information content (AvgIpc) is 2.71. The highest BCUT2D eigenvalue weighted by Gasteiger charge is 2.40. The van der Waals surface area contributed by atoms with Gasteiger partial charge in [0.25, 0.3) is 0 Å². The quantitative estimate of drug-likeness (QED) is 0.162. The minimum atomic E-state index is -1.53. The first-order valence-corrected chi connectivity index (χ1v) is 15.3. The van der Waals surface area contributed by atoms with Gasteiger partial charge < -0.3 is 0 Å². The third-order valence-electron chi connectivity index (χ3n) is 7.53. The third kappa shape index (κ3) is 6.03. The highest BCUT2D eigenvalue weighted by molar-refractivity contribution is 7.21. The number of rotatable bonds is 8. The molecule has 0 amide bonds. The largest absolute Gasteiger partial charge is 0.204 e. The SMILES string of the molecule is CCC[Si]1(Cl)CCCCC1CCCCC1CCC(c2cc(F)c(F)c(F)c2)CC1. The summed E-state index contributed by atoms with van der Waals surface area (Å²) in [6.45, 7) is 2.27. The summed E-state index contributed by atoms with van der Waals surface area (Å²) in [5.41, 5.74) is 1.44. The zero-order valence-electron chi connectivity index (χ0n) is 17.8. The van der Waals surface area contributed by atoms with Gasteiger partial charge in [-0.05, 0) is 72.8 Å². The maximum absolute atomic E-state index is 13.5. The summed E-state index contributed by atoms with van der Waals surface area (Å²) in [5.74, 6) is -2.60. The Morgan fingerprint density at radius 3 is 2.24 bits per heavy atom.